The van der Waals surface area contributed by atoms with Crippen LogP contribution in [0.4, 0.5) is 4.39 Å². The number of benzene rings is 2. The Morgan fingerprint density at radius 2 is 1.88 bits per heavy atom. The fourth-order valence-corrected chi connectivity index (χ4v) is 2.42. The van der Waals surface area contributed by atoms with E-state index < -0.39 is 6.04 Å². The van der Waals surface area contributed by atoms with Gasteiger partial charge in [-0.3, -0.25) is 4.79 Å². The Bertz CT molecular complexity index is 832. The second kappa shape index (κ2) is 7.04. The Balaban J connectivity index is 1.67. The minimum Gasteiger partial charge on any atom is -0.344 e. The minimum atomic E-state index is -0.460. The normalized spacial score (nSPS) is 11.9. The van der Waals surface area contributed by atoms with Crippen LogP contribution in [0, 0.1) is 5.82 Å². The van der Waals surface area contributed by atoms with Gasteiger partial charge in [0.15, 0.2) is 5.69 Å². The monoisotopic (exact) mass is 324 g/mol. The Morgan fingerprint density at radius 1 is 1.17 bits per heavy atom. The van der Waals surface area contributed by atoms with E-state index in [1.165, 1.54) is 6.07 Å². The van der Waals surface area contributed by atoms with Crippen LogP contribution < -0.4 is 5.32 Å². The third-order valence-corrected chi connectivity index (χ3v) is 3.68. The highest BCUT2D eigenvalue weighted by Crippen LogP contribution is 2.16. The Labute approximate surface area is 139 Å². The molecule has 3 aromatic rings. The quantitative estimate of drug-likeness (QED) is 0.785. The summed E-state index contributed by atoms with van der Waals surface area (Å²) in [6.07, 6.45) is 1.58. The van der Waals surface area contributed by atoms with Crippen LogP contribution in [0.3, 0.4) is 0 Å². The highest BCUT2D eigenvalue weighted by molar-refractivity contribution is 5.92. The standard InChI is InChI=1S/C18H17FN4O/c1-13(15-9-5-6-10-16(15)19)20-18(24)17-12-23(22-21-17)11-14-7-3-2-4-8-14/h2-10,12-13H,11H2,1H3,(H,20,24). The molecule has 0 aliphatic rings. The Kier molecular flexibility index (Phi) is 4.65. The average Bonchev–Trinajstić information content (AvgIpc) is 3.04. The van der Waals surface area contributed by atoms with Gasteiger partial charge in [0.1, 0.15) is 5.82 Å². The molecule has 0 radical (unpaired) electrons. The maximum absolute atomic E-state index is 13.8. The van der Waals surface area contributed by atoms with Crippen LogP contribution in [0.2, 0.25) is 0 Å². The molecule has 3 rings (SSSR count). The summed E-state index contributed by atoms with van der Waals surface area (Å²) in [5, 5.41) is 10.6. The van der Waals surface area contributed by atoms with Crippen LogP contribution in [0.5, 0.6) is 0 Å². The summed E-state index contributed by atoms with van der Waals surface area (Å²) in [6.45, 7) is 2.26. The zero-order chi connectivity index (χ0) is 16.9. The van der Waals surface area contributed by atoms with Gasteiger partial charge in [0.05, 0.1) is 18.8 Å². The van der Waals surface area contributed by atoms with Gasteiger partial charge >= 0.3 is 0 Å². The molecular formula is C18H17FN4O. The molecular weight excluding hydrogens is 307 g/mol. The van der Waals surface area contributed by atoms with E-state index in [1.807, 2.05) is 30.3 Å². The van der Waals surface area contributed by atoms with E-state index in [9.17, 15) is 9.18 Å². The number of carbonyl (C=O) groups excluding carboxylic acids is 1. The van der Waals surface area contributed by atoms with E-state index in [0.29, 0.717) is 12.1 Å². The third-order valence-electron chi connectivity index (χ3n) is 3.68. The van der Waals surface area contributed by atoms with Crippen molar-refractivity contribution in [2.45, 2.75) is 19.5 Å². The molecule has 0 aliphatic heterocycles. The first-order valence-corrected chi connectivity index (χ1v) is 7.63. The van der Waals surface area contributed by atoms with Crippen molar-refractivity contribution in [3.63, 3.8) is 0 Å². The maximum Gasteiger partial charge on any atom is 0.273 e. The number of rotatable bonds is 5. The number of nitrogens with one attached hydrogen (secondary N) is 1. The molecule has 0 fully saturated rings. The molecule has 1 amide bonds. The van der Waals surface area contributed by atoms with E-state index in [2.05, 4.69) is 15.6 Å². The lowest BCUT2D eigenvalue weighted by molar-refractivity contribution is 0.0934. The van der Waals surface area contributed by atoms with E-state index >= 15 is 0 Å². The molecule has 0 aliphatic carbocycles. The molecule has 1 heterocycles. The first-order valence-electron chi connectivity index (χ1n) is 7.63. The van der Waals surface area contributed by atoms with E-state index in [4.69, 9.17) is 0 Å². The van der Waals surface area contributed by atoms with E-state index in [-0.39, 0.29) is 17.4 Å². The molecule has 24 heavy (non-hydrogen) atoms. The van der Waals surface area contributed by atoms with Crippen LogP contribution >= 0.6 is 0 Å². The predicted octanol–water partition coefficient (Wildman–Crippen LogP) is 2.96. The van der Waals surface area contributed by atoms with Gasteiger partial charge in [-0.05, 0) is 18.6 Å². The highest BCUT2D eigenvalue weighted by atomic mass is 19.1. The van der Waals surface area contributed by atoms with Gasteiger partial charge in [0.2, 0.25) is 0 Å². The second-order valence-corrected chi connectivity index (χ2v) is 5.50. The van der Waals surface area contributed by atoms with Crippen LogP contribution in [-0.2, 0) is 6.54 Å². The van der Waals surface area contributed by atoms with E-state index in [1.54, 1.807) is 36.0 Å². The summed E-state index contributed by atoms with van der Waals surface area (Å²) in [4.78, 5) is 12.3. The number of nitrogens with zero attached hydrogens (tertiary/aromatic N) is 3. The molecule has 0 saturated heterocycles. The molecule has 0 saturated carbocycles. The molecule has 122 valence electrons. The van der Waals surface area contributed by atoms with Gasteiger partial charge in [0.25, 0.3) is 5.91 Å². The van der Waals surface area contributed by atoms with Crippen molar-refractivity contribution in [2.24, 2.45) is 0 Å². The molecule has 1 atom stereocenters. The highest BCUT2D eigenvalue weighted by Gasteiger charge is 2.16. The van der Waals surface area contributed by atoms with Crippen LogP contribution in [0.25, 0.3) is 0 Å². The van der Waals surface area contributed by atoms with Crippen molar-refractivity contribution >= 4 is 5.91 Å². The number of hydrogen-bond donors (Lipinski definition) is 1. The summed E-state index contributed by atoms with van der Waals surface area (Å²) in [7, 11) is 0. The van der Waals surface area contributed by atoms with Crippen LogP contribution in [0.1, 0.15) is 34.6 Å². The SMILES string of the molecule is CC(NC(=O)c1cn(Cc2ccccc2)nn1)c1ccccc1F. The fourth-order valence-electron chi connectivity index (χ4n) is 2.42. The van der Waals surface area contributed by atoms with Crippen molar-refractivity contribution in [3.8, 4) is 0 Å². The number of halogens is 1. The molecule has 0 spiro atoms. The molecule has 1 N–H and O–H groups in total. The van der Waals surface area contributed by atoms with Gasteiger partial charge in [-0.25, -0.2) is 9.07 Å². The van der Waals surface area contributed by atoms with Crippen molar-refractivity contribution in [2.75, 3.05) is 0 Å². The number of hydrogen-bond acceptors (Lipinski definition) is 3. The maximum atomic E-state index is 13.8. The van der Waals surface area contributed by atoms with Crippen molar-refractivity contribution in [3.05, 3.63) is 83.4 Å². The predicted molar refractivity (Wildman–Crippen MR) is 87.8 cm³/mol. The Hall–Kier alpha value is -3.02. The molecule has 2 aromatic carbocycles. The second-order valence-electron chi connectivity index (χ2n) is 5.50. The summed E-state index contributed by atoms with van der Waals surface area (Å²) in [6, 6.07) is 15.7. The summed E-state index contributed by atoms with van der Waals surface area (Å²) in [5.74, 6) is -0.733. The first-order chi connectivity index (χ1) is 11.6. The van der Waals surface area contributed by atoms with Crippen molar-refractivity contribution in [1.29, 1.82) is 0 Å². The van der Waals surface area contributed by atoms with Gasteiger partial charge in [-0.1, -0.05) is 53.7 Å². The van der Waals surface area contributed by atoms with Crippen LogP contribution in [0.15, 0.2) is 60.8 Å². The van der Waals surface area contributed by atoms with Crippen molar-refractivity contribution < 1.29 is 9.18 Å². The first kappa shape index (κ1) is 15.9. The zero-order valence-electron chi connectivity index (χ0n) is 13.2. The molecule has 1 unspecified atom stereocenters. The van der Waals surface area contributed by atoms with Gasteiger partial charge < -0.3 is 5.32 Å². The number of amides is 1. The molecule has 0 bridgehead atoms. The van der Waals surface area contributed by atoms with Gasteiger partial charge in [-0.15, -0.1) is 5.10 Å². The van der Waals surface area contributed by atoms with E-state index in [0.717, 1.165) is 5.56 Å². The lowest BCUT2D eigenvalue weighted by atomic mass is 10.1. The lowest BCUT2D eigenvalue weighted by Crippen LogP contribution is -2.27. The fraction of sp³-hybridized carbons (Fsp3) is 0.167. The lowest BCUT2D eigenvalue weighted by Gasteiger charge is -2.13. The smallest absolute Gasteiger partial charge is 0.273 e. The minimum absolute atomic E-state index is 0.203. The number of aromatic nitrogens is 3. The number of carbonyl (C=O) groups is 1. The van der Waals surface area contributed by atoms with Gasteiger partial charge in [-0.2, -0.15) is 0 Å². The largest absolute Gasteiger partial charge is 0.344 e. The van der Waals surface area contributed by atoms with Crippen molar-refractivity contribution in [1.82, 2.24) is 20.3 Å². The zero-order valence-corrected chi connectivity index (χ0v) is 13.2. The summed E-state index contributed by atoms with van der Waals surface area (Å²) >= 11 is 0. The van der Waals surface area contributed by atoms with Crippen LogP contribution in [-0.4, -0.2) is 20.9 Å². The molecule has 6 heteroatoms. The van der Waals surface area contributed by atoms with Gasteiger partial charge in [0, 0.05) is 5.56 Å². The summed E-state index contributed by atoms with van der Waals surface area (Å²) in [5.41, 5.74) is 1.70. The Morgan fingerprint density at radius 3 is 2.62 bits per heavy atom. The molecule has 5 nitrogen and oxygen atoms in total. The summed E-state index contributed by atoms with van der Waals surface area (Å²) < 4.78 is 15.4. The topological polar surface area (TPSA) is 59.8 Å². The third kappa shape index (κ3) is 3.65. The average molecular weight is 324 g/mol. The molecule has 1 aromatic heterocycles.